The Morgan fingerprint density at radius 3 is 2.76 bits per heavy atom. The molecule has 2 nitrogen and oxygen atoms in total. The zero-order chi connectivity index (χ0) is 12.6. The highest BCUT2D eigenvalue weighted by atomic mass is 19.1. The van der Waals surface area contributed by atoms with Gasteiger partial charge in [0.15, 0.2) is 0 Å². The lowest BCUT2D eigenvalue weighted by molar-refractivity contribution is 0.245. The van der Waals surface area contributed by atoms with Crippen LogP contribution in [0.4, 0.5) is 4.39 Å². The second-order valence-corrected chi connectivity index (χ2v) is 5.52. The average Bonchev–Trinajstić information content (AvgIpc) is 2.56. The minimum absolute atomic E-state index is 0.187. The quantitative estimate of drug-likeness (QED) is 0.852. The Balaban J connectivity index is 2.20. The molecule has 1 aromatic carbocycles. The van der Waals surface area contributed by atoms with Crippen LogP contribution in [-0.4, -0.2) is 17.3 Å². The number of hydrogen-bond acceptors (Lipinski definition) is 1. The summed E-state index contributed by atoms with van der Waals surface area (Å²) in [5.41, 5.74) is 1.99. The van der Waals surface area contributed by atoms with Crippen molar-refractivity contribution >= 4 is 5.84 Å². The van der Waals surface area contributed by atoms with E-state index in [0.717, 1.165) is 30.6 Å². The van der Waals surface area contributed by atoms with E-state index in [1.54, 1.807) is 6.07 Å². The van der Waals surface area contributed by atoms with Gasteiger partial charge in [0, 0.05) is 18.7 Å². The molecular formula is C14H19FN2. The van der Waals surface area contributed by atoms with E-state index in [4.69, 9.17) is 5.41 Å². The summed E-state index contributed by atoms with van der Waals surface area (Å²) in [5.74, 6) is 0.200. The topological polar surface area (TPSA) is 27.1 Å². The second-order valence-electron chi connectivity index (χ2n) is 5.52. The van der Waals surface area contributed by atoms with Crippen LogP contribution >= 0.6 is 0 Å². The van der Waals surface area contributed by atoms with Crippen LogP contribution in [0, 0.1) is 16.6 Å². The Morgan fingerprint density at radius 1 is 1.41 bits per heavy atom. The number of halogens is 1. The van der Waals surface area contributed by atoms with Gasteiger partial charge >= 0.3 is 0 Å². The highest BCUT2D eigenvalue weighted by molar-refractivity contribution is 6.00. The lowest BCUT2D eigenvalue weighted by Gasteiger charge is -2.30. The van der Waals surface area contributed by atoms with Crippen LogP contribution in [0.1, 0.15) is 38.3 Å². The first kappa shape index (κ1) is 12.1. The third-order valence-electron chi connectivity index (χ3n) is 3.58. The van der Waals surface area contributed by atoms with Gasteiger partial charge in [-0.2, -0.15) is 0 Å². The third kappa shape index (κ3) is 2.33. The molecule has 1 heterocycles. The maximum atomic E-state index is 13.2. The van der Waals surface area contributed by atoms with Gasteiger partial charge in [0.2, 0.25) is 0 Å². The molecule has 0 saturated carbocycles. The summed E-state index contributed by atoms with van der Waals surface area (Å²) >= 11 is 0. The Labute approximate surface area is 102 Å². The smallest absolute Gasteiger partial charge is 0.128 e. The zero-order valence-corrected chi connectivity index (χ0v) is 10.7. The van der Waals surface area contributed by atoms with Gasteiger partial charge in [-0.25, -0.2) is 4.39 Å². The molecule has 92 valence electrons. The highest BCUT2D eigenvalue weighted by Gasteiger charge is 2.28. The molecule has 1 aromatic rings. The van der Waals surface area contributed by atoms with E-state index < -0.39 is 0 Å². The van der Waals surface area contributed by atoms with Gasteiger partial charge in [-0.05, 0) is 29.5 Å². The molecule has 1 aliphatic heterocycles. The van der Waals surface area contributed by atoms with Gasteiger partial charge in [-0.15, -0.1) is 0 Å². The van der Waals surface area contributed by atoms with Crippen molar-refractivity contribution < 1.29 is 4.39 Å². The summed E-state index contributed by atoms with van der Waals surface area (Å²) in [6, 6.07) is 4.73. The highest BCUT2D eigenvalue weighted by Crippen LogP contribution is 2.28. The molecule has 0 amide bonds. The fourth-order valence-corrected chi connectivity index (χ4v) is 2.13. The molecule has 0 bridgehead atoms. The predicted molar refractivity (Wildman–Crippen MR) is 67.7 cm³/mol. The zero-order valence-electron chi connectivity index (χ0n) is 10.7. The van der Waals surface area contributed by atoms with Crippen LogP contribution in [0.3, 0.4) is 0 Å². The molecule has 17 heavy (non-hydrogen) atoms. The molecule has 0 atom stereocenters. The molecule has 1 N–H and O–H groups in total. The molecule has 3 heteroatoms. The molecular weight excluding hydrogens is 215 g/mol. The molecule has 0 aromatic heterocycles. The number of nitrogens with one attached hydrogen (secondary N) is 1. The van der Waals surface area contributed by atoms with Gasteiger partial charge in [0.05, 0.1) is 0 Å². The lowest BCUT2D eigenvalue weighted by atomic mass is 9.90. The van der Waals surface area contributed by atoms with Gasteiger partial charge in [0.25, 0.3) is 0 Å². The summed E-state index contributed by atoms with van der Waals surface area (Å²) in [6.07, 6.45) is 1.07. The molecule has 0 saturated heterocycles. The molecule has 2 rings (SSSR count). The van der Waals surface area contributed by atoms with Crippen molar-refractivity contribution in [2.75, 3.05) is 6.54 Å². The number of hydrogen-bond donors (Lipinski definition) is 1. The van der Waals surface area contributed by atoms with Gasteiger partial charge < -0.3 is 4.90 Å². The molecule has 0 fully saturated rings. The van der Waals surface area contributed by atoms with Crippen molar-refractivity contribution in [3.05, 3.63) is 35.1 Å². The Hall–Kier alpha value is -1.38. The van der Waals surface area contributed by atoms with Crippen LogP contribution in [0.2, 0.25) is 0 Å². The van der Waals surface area contributed by atoms with Crippen molar-refractivity contribution in [1.82, 2.24) is 4.90 Å². The molecule has 0 spiro atoms. The van der Waals surface area contributed by atoms with Crippen LogP contribution < -0.4 is 0 Å². The maximum absolute atomic E-state index is 13.2. The Kier molecular flexibility index (Phi) is 2.94. The summed E-state index contributed by atoms with van der Waals surface area (Å²) < 4.78 is 13.2. The van der Waals surface area contributed by atoms with Crippen LogP contribution in [0.25, 0.3) is 0 Å². The number of amidine groups is 1. The Bertz CT molecular complexity index is 452. The van der Waals surface area contributed by atoms with Crippen LogP contribution in [-0.2, 0) is 6.54 Å². The second kappa shape index (κ2) is 4.13. The van der Waals surface area contributed by atoms with E-state index in [0.29, 0.717) is 5.84 Å². The first-order valence-electron chi connectivity index (χ1n) is 6.05. The number of fused-ring (bicyclic) bond motifs is 1. The monoisotopic (exact) mass is 234 g/mol. The van der Waals surface area contributed by atoms with Crippen molar-refractivity contribution in [2.24, 2.45) is 5.41 Å². The normalized spacial score (nSPS) is 15.3. The summed E-state index contributed by atoms with van der Waals surface area (Å²) in [4.78, 5) is 2.04. The van der Waals surface area contributed by atoms with Crippen molar-refractivity contribution in [1.29, 1.82) is 5.41 Å². The predicted octanol–water partition coefficient (Wildman–Crippen LogP) is 3.40. The third-order valence-corrected chi connectivity index (χ3v) is 3.58. The first-order valence-corrected chi connectivity index (χ1v) is 6.05. The van der Waals surface area contributed by atoms with E-state index in [-0.39, 0.29) is 11.2 Å². The van der Waals surface area contributed by atoms with E-state index >= 15 is 0 Å². The SMILES string of the molecule is CCC(C)(C)CN1Cc2ccc(F)cc2C1=N. The van der Waals surface area contributed by atoms with Crippen LogP contribution in [0.15, 0.2) is 18.2 Å². The average molecular weight is 234 g/mol. The maximum Gasteiger partial charge on any atom is 0.128 e. The van der Waals surface area contributed by atoms with E-state index in [1.807, 2.05) is 4.90 Å². The van der Waals surface area contributed by atoms with Crippen molar-refractivity contribution in [3.8, 4) is 0 Å². The summed E-state index contributed by atoms with van der Waals surface area (Å²) in [5, 5.41) is 8.10. The fraction of sp³-hybridized carbons (Fsp3) is 0.500. The van der Waals surface area contributed by atoms with Crippen LogP contribution in [0.5, 0.6) is 0 Å². The molecule has 0 unspecified atom stereocenters. The molecule has 0 radical (unpaired) electrons. The van der Waals surface area contributed by atoms with E-state index in [2.05, 4.69) is 20.8 Å². The first-order chi connectivity index (χ1) is 7.93. The summed E-state index contributed by atoms with van der Waals surface area (Å²) in [7, 11) is 0. The molecule has 0 aliphatic carbocycles. The number of rotatable bonds is 3. The minimum Gasteiger partial charge on any atom is -0.352 e. The van der Waals surface area contributed by atoms with Crippen molar-refractivity contribution in [2.45, 2.75) is 33.7 Å². The lowest BCUT2D eigenvalue weighted by Crippen LogP contribution is -2.34. The number of nitrogens with zero attached hydrogens (tertiary/aromatic N) is 1. The Morgan fingerprint density at radius 2 is 2.12 bits per heavy atom. The standard InChI is InChI=1S/C14H19FN2/c1-4-14(2,3)9-17-8-10-5-6-11(15)7-12(10)13(17)16/h5-7,16H,4,8-9H2,1-3H3. The summed E-state index contributed by atoms with van der Waals surface area (Å²) in [6.45, 7) is 8.14. The van der Waals surface area contributed by atoms with E-state index in [9.17, 15) is 4.39 Å². The minimum atomic E-state index is -0.259. The van der Waals surface area contributed by atoms with Gasteiger partial charge in [0.1, 0.15) is 11.7 Å². The molecule has 1 aliphatic rings. The number of benzene rings is 1. The van der Waals surface area contributed by atoms with E-state index in [1.165, 1.54) is 12.1 Å². The largest absolute Gasteiger partial charge is 0.352 e. The fourth-order valence-electron chi connectivity index (χ4n) is 2.13. The van der Waals surface area contributed by atoms with Crippen molar-refractivity contribution in [3.63, 3.8) is 0 Å². The van der Waals surface area contributed by atoms with Gasteiger partial charge in [-0.1, -0.05) is 26.8 Å². The van der Waals surface area contributed by atoms with Gasteiger partial charge in [-0.3, -0.25) is 5.41 Å².